The lowest BCUT2D eigenvalue weighted by molar-refractivity contribution is 0.647. The summed E-state index contributed by atoms with van der Waals surface area (Å²) in [4.78, 5) is 5.18. The lowest BCUT2D eigenvalue weighted by atomic mass is 9.81. The molecule has 0 bridgehead atoms. The van der Waals surface area contributed by atoms with Crippen molar-refractivity contribution in [2.75, 3.05) is 0 Å². The fourth-order valence-corrected chi connectivity index (χ4v) is 7.22. The van der Waals surface area contributed by atoms with Crippen LogP contribution in [0.2, 0.25) is 0 Å². The van der Waals surface area contributed by atoms with Crippen molar-refractivity contribution >= 4 is 21.9 Å². The molecule has 0 unspecified atom stereocenters. The van der Waals surface area contributed by atoms with Crippen LogP contribution >= 0.6 is 0 Å². The van der Waals surface area contributed by atoms with Crippen LogP contribution in [0.5, 0.6) is 0 Å². The second-order valence-electron chi connectivity index (χ2n) is 12.8. The molecule has 46 heavy (non-hydrogen) atoms. The number of aromatic nitrogens is 1. The van der Waals surface area contributed by atoms with E-state index in [0.717, 1.165) is 39.2 Å². The van der Waals surface area contributed by atoms with Crippen molar-refractivity contribution in [3.05, 3.63) is 163 Å². The van der Waals surface area contributed by atoms with Crippen LogP contribution in [-0.2, 0) is 5.41 Å². The van der Waals surface area contributed by atoms with E-state index < -0.39 is 0 Å². The highest BCUT2D eigenvalue weighted by Gasteiger charge is 2.36. The van der Waals surface area contributed by atoms with Gasteiger partial charge in [-0.1, -0.05) is 123 Å². The van der Waals surface area contributed by atoms with Crippen molar-refractivity contribution in [1.82, 2.24) is 4.98 Å². The highest BCUT2D eigenvalue weighted by atomic mass is 16.3. The maximum Gasteiger partial charge on any atom is 0.135 e. The third kappa shape index (κ3) is 4.22. The smallest absolute Gasteiger partial charge is 0.135 e. The Morgan fingerprint density at radius 1 is 0.413 bits per heavy atom. The number of furan rings is 1. The standard InChI is InChI=1S/C44H31NO/c1-44(2)38-23-31(20-21-34(38)36-26-37-35-18-9-10-19-42(35)46-43(37)27-39(36)44)30-16-11-17-32(22-30)41-25-33(28-12-5-3-6-13-28)24-40(45-41)29-14-7-4-8-15-29/h3-27H,1-2H3. The molecule has 0 amide bonds. The minimum atomic E-state index is -0.151. The Balaban J connectivity index is 1.15. The third-order valence-corrected chi connectivity index (χ3v) is 9.67. The Morgan fingerprint density at radius 3 is 1.85 bits per heavy atom. The molecule has 2 heteroatoms. The van der Waals surface area contributed by atoms with Crippen molar-refractivity contribution in [1.29, 1.82) is 0 Å². The molecule has 2 nitrogen and oxygen atoms in total. The highest BCUT2D eigenvalue weighted by molar-refractivity contribution is 6.07. The first-order chi connectivity index (χ1) is 22.5. The van der Waals surface area contributed by atoms with Gasteiger partial charge in [-0.3, -0.25) is 0 Å². The number of para-hydroxylation sites is 1. The van der Waals surface area contributed by atoms with Gasteiger partial charge < -0.3 is 4.42 Å². The molecule has 218 valence electrons. The normalized spacial score (nSPS) is 13.2. The van der Waals surface area contributed by atoms with Gasteiger partial charge in [-0.05, 0) is 87.0 Å². The van der Waals surface area contributed by atoms with Gasteiger partial charge in [0.2, 0.25) is 0 Å². The van der Waals surface area contributed by atoms with Gasteiger partial charge in [-0.2, -0.15) is 0 Å². The minimum Gasteiger partial charge on any atom is -0.456 e. The Morgan fingerprint density at radius 2 is 1.04 bits per heavy atom. The number of rotatable bonds is 4. The van der Waals surface area contributed by atoms with E-state index in [1.54, 1.807) is 0 Å². The van der Waals surface area contributed by atoms with Crippen molar-refractivity contribution in [2.45, 2.75) is 19.3 Å². The van der Waals surface area contributed by atoms with Crippen LogP contribution in [0.3, 0.4) is 0 Å². The Kier molecular flexibility index (Phi) is 5.88. The highest BCUT2D eigenvalue weighted by Crippen LogP contribution is 2.51. The summed E-state index contributed by atoms with van der Waals surface area (Å²) in [6.07, 6.45) is 0. The fourth-order valence-electron chi connectivity index (χ4n) is 7.22. The lowest BCUT2D eigenvalue weighted by Gasteiger charge is -2.22. The summed E-state index contributed by atoms with van der Waals surface area (Å²) in [5.41, 5.74) is 15.9. The number of benzene rings is 6. The molecule has 0 atom stereocenters. The molecule has 0 N–H and O–H groups in total. The van der Waals surface area contributed by atoms with Gasteiger partial charge >= 0.3 is 0 Å². The second-order valence-corrected chi connectivity index (χ2v) is 12.8. The van der Waals surface area contributed by atoms with Crippen molar-refractivity contribution in [3.8, 4) is 55.9 Å². The monoisotopic (exact) mass is 589 g/mol. The van der Waals surface area contributed by atoms with Crippen LogP contribution in [0, 0.1) is 0 Å². The molecule has 6 aromatic carbocycles. The molecule has 2 aromatic heterocycles. The number of hydrogen-bond acceptors (Lipinski definition) is 2. The van der Waals surface area contributed by atoms with Crippen LogP contribution in [0.25, 0.3) is 77.8 Å². The average molecular weight is 590 g/mol. The van der Waals surface area contributed by atoms with Gasteiger partial charge in [0.25, 0.3) is 0 Å². The fraction of sp³-hybridized carbons (Fsp3) is 0.0682. The van der Waals surface area contributed by atoms with E-state index in [9.17, 15) is 0 Å². The van der Waals surface area contributed by atoms with Gasteiger partial charge in [0.1, 0.15) is 11.2 Å². The van der Waals surface area contributed by atoms with E-state index in [-0.39, 0.29) is 5.41 Å². The maximum absolute atomic E-state index is 6.29. The van der Waals surface area contributed by atoms with Gasteiger partial charge in [0.15, 0.2) is 0 Å². The molecule has 1 aliphatic rings. The maximum atomic E-state index is 6.29. The Labute approximate surface area is 268 Å². The number of nitrogens with zero attached hydrogens (tertiary/aromatic N) is 1. The van der Waals surface area contributed by atoms with Crippen molar-refractivity contribution in [3.63, 3.8) is 0 Å². The number of hydrogen-bond donors (Lipinski definition) is 0. The summed E-state index contributed by atoms with van der Waals surface area (Å²) < 4.78 is 6.29. The van der Waals surface area contributed by atoms with Crippen LogP contribution in [0.1, 0.15) is 25.0 Å². The van der Waals surface area contributed by atoms with E-state index in [0.29, 0.717) is 0 Å². The van der Waals surface area contributed by atoms with Crippen LogP contribution in [-0.4, -0.2) is 4.98 Å². The predicted octanol–water partition coefficient (Wildman–Crippen LogP) is 12.0. The van der Waals surface area contributed by atoms with Gasteiger partial charge in [-0.15, -0.1) is 0 Å². The van der Waals surface area contributed by atoms with Gasteiger partial charge in [-0.25, -0.2) is 4.98 Å². The number of fused-ring (bicyclic) bond motifs is 6. The molecule has 0 aliphatic heterocycles. The topological polar surface area (TPSA) is 26.0 Å². The van der Waals surface area contributed by atoms with Crippen LogP contribution < -0.4 is 0 Å². The first kappa shape index (κ1) is 26.7. The van der Waals surface area contributed by atoms with Crippen molar-refractivity contribution in [2.24, 2.45) is 0 Å². The SMILES string of the molecule is CC1(C)c2cc(-c3cccc(-c4cc(-c5ccccc5)cc(-c5ccccc5)n4)c3)ccc2-c2cc3c(cc21)oc1ccccc13. The molecule has 0 saturated heterocycles. The molecule has 9 rings (SSSR count). The molecular formula is C44H31NO. The zero-order valence-electron chi connectivity index (χ0n) is 25.8. The average Bonchev–Trinajstić information content (AvgIpc) is 3.59. The summed E-state index contributed by atoms with van der Waals surface area (Å²) in [5, 5.41) is 2.34. The summed E-state index contributed by atoms with van der Waals surface area (Å²) >= 11 is 0. The van der Waals surface area contributed by atoms with E-state index in [2.05, 4.69) is 153 Å². The first-order valence-electron chi connectivity index (χ1n) is 15.9. The predicted molar refractivity (Wildman–Crippen MR) is 191 cm³/mol. The summed E-state index contributed by atoms with van der Waals surface area (Å²) in [5.74, 6) is 0. The number of pyridine rings is 1. The first-order valence-corrected chi connectivity index (χ1v) is 15.9. The molecule has 0 spiro atoms. The van der Waals surface area contributed by atoms with E-state index >= 15 is 0 Å². The largest absolute Gasteiger partial charge is 0.456 e. The van der Waals surface area contributed by atoms with E-state index in [1.807, 2.05) is 12.1 Å². The molecule has 0 radical (unpaired) electrons. The summed E-state index contributed by atoms with van der Waals surface area (Å²) in [6, 6.07) is 54.1. The third-order valence-electron chi connectivity index (χ3n) is 9.67. The summed E-state index contributed by atoms with van der Waals surface area (Å²) in [7, 11) is 0. The van der Waals surface area contributed by atoms with Crippen LogP contribution in [0.15, 0.2) is 156 Å². The minimum absolute atomic E-state index is 0.151. The summed E-state index contributed by atoms with van der Waals surface area (Å²) in [6.45, 7) is 4.66. The lowest BCUT2D eigenvalue weighted by Crippen LogP contribution is -2.15. The quantitative estimate of drug-likeness (QED) is 0.204. The Hall–Kier alpha value is -5.73. The zero-order valence-corrected chi connectivity index (χ0v) is 25.8. The molecule has 0 fully saturated rings. The van der Waals surface area contributed by atoms with Gasteiger partial charge in [0, 0.05) is 27.3 Å². The van der Waals surface area contributed by atoms with E-state index in [4.69, 9.17) is 9.40 Å². The molecular weight excluding hydrogens is 558 g/mol. The Bertz CT molecular complexity index is 2380. The molecule has 8 aromatic rings. The van der Waals surface area contributed by atoms with Crippen LogP contribution in [0.4, 0.5) is 0 Å². The van der Waals surface area contributed by atoms with Crippen molar-refractivity contribution < 1.29 is 4.42 Å². The second kappa shape index (κ2) is 10.2. The molecule has 2 heterocycles. The zero-order chi connectivity index (χ0) is 30.8. The van der Waals surface area contributed by atoms with Gasteiger partial charge in [0.05, 0.1) is 11.4 Å². The van der Waals surface area contributed by atoms with E-state index in [1.165, 1.54) is 49.7 Å². The molecule has 1 aliphatic carbocycles. The molecule has 0 saturated carbocycles.